The van der Waals surface area contributed by atoms with Crippen molar-refractivity contribution in [1.82, 2.24) is 4.98 Å². The normalized spacial score (nSPS) is 11.4. The molecule has 0 saturated carbocycles. The molecule has 0 unspecified atom stereocenters. The van der Waals surface area contributed by atoms with Crippen molar-refractivity contribution < 1.29 is 4.42 Å². The van der Waals surface area contributed by atoms with E-state index < -0.39 is 0 Å². The molecule has 1 aromatic heterocycles. The van der Waals surface area contributed by atoms with Crippen LogP contribution in [0.5, 0.6) is 0 Å². The molecule has 22 heavy (non-hydrogen) atoms. The van der Waals surface area contributed by atoms with Gasteiger partial charge in [-0.3, -0.25) is 0 Å². The molecule has 3 aromatic rings. The van der Waals surface area contributed by atoms with E-state index >= 15 is 0 Å². The van der Waals surface area contributed by atoms with E-state index in [1.54, 1.807) is 6.20 Å². The van der Waals surface area contributed by atoms with Gasteiger partial charge in [0.15, 0.2) is 5.58 Å². The van der Waals surface area contributed by atoms with Gasteiger partial charge in [0.05, 0.1) is 0 Å². The fourth-order valence-electron chi connectivity index (χ4n) is 2.17. The smallest absolute Gasteiger partial charge is 0.239 e. The molecule has 0 fully saturated rings. The van der Waals surface area contributed by atoms with Gasteiger partial charge in [0.1, 0.15) is 17.2 Å². The standard InChI is InChI=1S/C18H15N3O/c1-12-7-8-13(2)16(9-12)20-11-14(10-19)18-21-15-5-3-4-6-17(15)22-18/h3-9,11,20H,1-2H3/b14-11+. The Bertz CT molecular complexity index is 867. The van der Waals surface area contributed by atoms with Gasteiger partial charge in [-0.2, -0.15) is 5.26 Å². The lowest BCUT2D eigenvalue weighted by Crippen LogP contribution is -1.94. The van der Waals surface area contributed by atoms with Crippen molar-refractivity contribution in [1.29, 1.82) is 5.26 Å². The zero-order valence-electron chi connectivity index (χ0n) is 12.4. The van der Waals surface area contributed by atoms with Crippen LogP contribution in [0.1, 0.15) is 17.0 Å². The number of nitrogens with one attached hydrogen (secondary N) is 1. The minimum Gasteiger partial charge on any atom is -0.435 e. The fourth-order valence-corrected chi connectivity index (χ4v) is 2.17. The Morgan fingerprint density at radius 3 is 2.82 bits per heavy atom. The summed E-state index contributed by atoms with van der Waals surface area (Å²) in [6.45, 7) is 4.04. The van der Waals surface area contributed by atoms with Crippen LogP contribution >= 0.6 is 0 Å². The highest BCUT2D eigenvalue weighted by atomic mass is 16.3. The summed E-state index contributed by atoms with van der Waals surface area (Å²) < 4.78 is 5.62. The van der Waals surface area contributed by atoms with Gasteiger partial charge in [-0.05, 0) is 43.2 Å². The van der Waals surface area contributed by atoms with Crippen LogP contribution in [0.4, 0.5) is 5.69 Å². The lowest BCUT2D eigenvalue weighted by atomic mass is 10.1. The largest absolute Gasteiger partial charge is 0.435 e. The summed E-state index contributed by atoms with van der Waals surface area (Å²) in [6.07, 6.45) is 1.63. The van der Waals surface area contributed by atoms with Gasteiger partial charge < -0.3 is 9.73 Å². The number of fused-ring (bicyclic) bond motifs is 1. The van der Waals surface area contributed by atoms with Crippen LogP contribution in [0.15, 0.2) is 53.1 Å². The first-order chi connectivity index (χ1) is 10.7. The van der Waals surface area contributed by atoms with Crippen molar-refractivity contribution in [2.75, 3.05) is 5.32 Å². The Morgan fingerprint density at radius 2 is 2.05 bits per heavy atom. The quantitative estimate of drug-likeness (QED) is 0.725. The number of nitrogens with zero attached hydrogens (tertiary/aromatic N) is 2. The van der Waals surface area contributed by atoms with Crippen molar-refractivity contribution >= 4 is 22.4 Å². The predicted octanol–water partition coefficient (Wildman–Crippen LogP) is 4.42. The maximum absolute atomic E-state index is 9.35. The fraction of sp³-hybridized carbons (Fsp3) is 0.111. The molecule has 0 aliphatic heterocycles. The zero-order chi connectivity index (χ0) is 15.5. The van der Waals surface area contributed by atoms with Gasteiger partial charge in [-0.15, -0.1) is 0 Å². The maximum Gasteiger partial charge on any atom is 0.239 e. The molecule has 1 N–H and O–H groups in total. The molecular weight excluding hydrogens is 274 g/mol. The monoisotopic (exact) mass is 289 g/mol. The molecule has 4 nitrogen and oxygen atoms in total. The summed E-state index contributed by atoms with van der Waals surface area (Å²) in [4.78, 5) is 4.34. The molecule has 3 rings (SSSR count). The number of aryl methyl sites for hydroxylation is 2. The molecule has 1 heterocycles. The van der Waals surface area contributed by atoms with Crippen molar-refractivity contribution in [3.05, 3.63) is 65.7 Å². The van der Waals surface area contributed by atoms with Crippen LogP contribution in [0.2, 0.25) is 0 Å². The molecule has 0 aliphatic carbocycles. The lowest BCUT2D eigenvalue weighted by molar-refractivity contribution is 0.586. The van der Waals surface area contributed by atoms with Gasteiger partial charge in [0.2, 0.25) is 5.89 Å². The number of oxazole rings is 1. The van der Waals surface area contributed by atoms with Crippen molar-refractivity contribution in [2.45, 2.75) is 13.8 Å². The number of anilines is 1. The van der Waals surface area contributed by atoms with Crippen LogP contribution in [-0.4, -0.2) is 4.98 Å². The Kier molecular flexibility index (Phi) is 3.63. The summed E-state index contributed by atoms with van der Waals surface area (Å²) in [5.74, 6) is 0.321. The van der Waals surface area contributed by atoms with Crippen LogP contribution in [0.3, 0.4) is 0 Å². The van der Waals surface area contributed by atoms with Crippen LogP contribution in [0.25, 0.3) is 16.7 Å². The summed E-state index contributed by atoms with van der Waals surface area (Å²) in [6, 6.07) is 15.7. The molecule has 0 saturated heterocycles. The number of hydrogen-bond acceptors (Lipinski definition) is 4. The van der Waals surface area contributed by atoms with E-state index in [-0.39, 0.29) is 0 Å². The molecule has 108 valence electrons. The van der Waals surface area contributed by atoms with Crippen molar-refractivity contribution in [3.63, 3.8) is 0 Å². The van der Waals surface area contributed by atoms with Crippen molar-refractivity contribution in [3.8, 4) is 6.07 Å². The second kappa shape index (κ2) is 5.74. The molecule has 4 heteroatoms. The van der Waals surface area contributed by atoms with Crippen LogP contribution in [-0.2, 0) is 0 Å². The molecule has 0 amide bonds. The van der Waals surface area contributed by atoms with E-state index in [9.17, 15) is 5.26 Å². The zero-order valence-corrected chi connectivity index (χ0v) is 12.4. The third-order valence-corrected chi connectivity index (χ3v) is 3.41. The van der Waals surface area contributed by atoms with Gasteiger partial charge in [-0.25, -0.2) is 4.98 Å². The van der Waals surface area contributed by atoms with Gasteiger partial charge in [-0.1, -0.05) is 24.3 Å². The lowest BCUT2D eigenvalue weighted by Gasteiger charge is -2.06. The molecule has 0 spiro atoms. The highest BCUT2D eigenvalue weighted by Gasteiger charge is 2.10. The number of rotatable bonds is 3. The predicted molar refractivity (Wildman–Crippen MR) is 87.1 cm³/mol. The van der Waals surface area contributed by atoms with E-state index in [0.717, 1.165) is 22.3 Å². The first-order valence-electron chi connectivity index (χ1n) is 6.97. The number of allylic oxidation sites excluding steroid dienone is 1. The third-order valence-electron chi connectivity index (χ3n) is 3.41. The minimum absolute atomic E-state index is 0.321. The number of nitriles is 1. The molecule has 2 aromatic carbocycles. The second-order valence-electron chi connectivity index (χ2n) is 5.12. The number of benzene rings is 2. The molecule has 0 aliphatic rings. The van der Waals surface area contributed by atoms with E-state index in [0.29, 0.717) is 17.0 Å². The van der Waals surface area contributed by atoms with E-state index in [1.165, 1.54) is 0 Å². The van der Waals surface area contributed by atoms with Gasteiger partial charge in [0.25, 0.3) is 0 Å². The first kappa shape index (κ1) is 13.9. The van der Waals surface area contributed by atoms with Gasteiger partial charge >= 0.3 is 0 Å². The second-order valence-corrected chi connectivity index (χ2v) is 5.12. The SMILES string of the molecule is Cc1ccc(C)c(N/C=C(\C#N)c2nc3ccccc3o2)c1. The highest BCUT2D eigenvalue weighted by molar-refractivity contribution is 5.80. The average molecular weight is 289 g/mol. The summed E-state index contributed by atoms with van der Waals surface area (Å²) in [5.41, 5.74) is 5.00. The van der Waals surface area contributed by atoms with Crippen molar-refractivity contribution in [2.24, 2.45) is 0 Å². The van der Waals surface area contributed by atoms with E-state index in [2.05, 4.69) is 22.4 Å². The number of para-hydroxylation sites is 2. The van der Waals surface area contributed by atoms with Gasteiger partial charge in [0, 0.05) is 11.9 Å². The number of aromatic nitrogens is 1. The maximum atomic E-state index is 9.35. The Morgan fingerprint density at radius 1 is 1.23 bits per heavy atom. The Labute approximate surface area is 128 Å². The summed E-state index contributed by atoms with van der Waals surface area (Å²) >= 11 is 0. The van der Waals surface area contributed by atoms with Crippen LogP contribution in [0, 0.1) is 25.2 Å². The minimum atomic E-state index is 0.321. The molecule has 0 atom stereocenters. The van der Waals surface area contributed by atoms with Crippen LogP contribution < -0.4 is 5.32 Å². The highest BCUT2D eigenvalue weighted by Crippen LogP contribution is 2.22. The molecule has 0 bridgehead atoms. The Hall–Kier alpha value is -3.06. The molecule has 0 radical (unpaired) electrons. The van der Waals surface area contributed by atoms with E-state index in [4.69, 9.17) is 4.42 Å². The summed E-state index contributed by atoms with van der Waals surface area (Å²) in [5, 5.41) is 12.5. The first-order valence-corrected chi connectivity index (χ1v) is 6.97. The van der Waals surface area contributed by atoms with E-state index in [1.807, 2.05) is 50.2 Å². The third kappa shape index (κ3) is 2.70. The average Bonchev–Trinajstić information content (AvgIpc) is 2.95. The number of hydrogen-bond donors (Lipinski definition) is 1. The summed E-state index contributed by atoms with van der Waals surface area (Å²) in [7, 11) is 0. The topological polar surface area (TPSA) is 61.9 Å². The Balaban J connectivity index is 1.93. The molecular formula is C18H15N3O.